The van der Waals surface area contributed by atoms with E-state index in [-0.39, 0.29) is 24.0 Å². The number of aliphatic imine (C=N–C) groups is 1. The van der Waals surface area contributed by atoms with Crippen molar-refractivity contribution in [1.29, 1.82) is 0 Å². The zero-order valence-corrected chi connectivity index (χ0v) is 18.6. The fraction of sp³-hybridized carbons (Fsp3) is 0.722. The number of anilines is 1. The summed E-state index contributed by atoms with van der Waals surface area (Å²) >= 11 is 1.83. The predicted molar refractivity (Wildman–Crippen MR) is 120 cm³/mol. The highest BCUT2D eigenvalue weighted by molar-refractivity contribution is 14.0. The lowest BCUT2D eigenvalue weighted by Gasteiger charge is -2.33. The van der Waals surface area contributed by atoms with Crippen molar-refractivity contribution in [2.75, 3.05) is 44.3 Å². The van der Waals surface area contributed by atoms with Crippen molar-refractivity contribution in [1.82, 2.24) is 10.6 Å². The minimum atomic E-state index is 0. The topological polar surface area (TPSA) is 48.9 Å². The van der Waals surface area contributed by atoms with Crippen LogP contribution in [0.1, 0.15) is 39.5 Å². The molecule has 2 rings (SSSR count). The Hall–Kier alpha value is -0.540. The number of piperidine rings is 1. The first-order valence-corrected chi connectivity index (χ1v) is 10.1. The van der Waals surface area contributed by atoms with E-state index in [1.807, 2.05) is 18.3 Å². The maximum Gasteiger partial charge on any atom is 0.191 e. The van der Waals surface area contributed by atoms with Gasteiger partial charge in [-0.3, -0.25) is 4.99 Å². The van der Waals surface area contributed by atoms with E-state index >= 15 is 0 Å². The van der Waals surface area contributed by atoms with E-state index in [0.29, 0.717) is 6.04 Å². The molecule has 0 aromatic carbocycles. The SMILES string of the molecule is CCNC(=NCCCCOCC)NC1CCN(c2cccs2)CC1.I. The molecule has 25 heavy (non-hydrogen) atoms. The molecule has 1 aliphatic rings. The number of ether oxygens (including phenoxy) is 1. The average Bonchev–Trinajstić information content (AvgIpc) is 3.13. The predicted octanol–water partition coefficient (Wildman–Crippen LogP) is 3.71. The highest BCUT2D eigenvalue weighted by atomic mass is 127. The van der Waals surface area contributed by atoms with E-state index in [2.05, 4.69) is 40.0 Å². The molecular weight excluding hydrogens is 447 g/mol. The molecule has 0 unspecified atom stereocenters. The van der Waals surface area contributed by atoms with Gasteiger partial charge in [0.05, 0.1) is 5.00 Å². The van der Waals surface area contributed by atoms with E-state index in [0.717, 1.165) is 71.0 Å². The quantitative estimate of drug-likeness (QED) is 0.245. The van der Waals surface area contributed by atoms with Crippen LogP contribution in [0, 0.1) is 0 Å². The van der Waals surface area contributed by atoms with Crippen molar-refractivity contribution in [3.8, 4) is 0 Å². The fourth-order valence-corrected chi connectivity index (χ4v) is 3.64. The standard InChI is InChI=1S/C18H32N4OS.HI/c1-3-19-18(20-11-5-6-14-23-4-2)21-16-9-12-22(13-10-16)17-8-7-15-24-17;/h7-8,15-16H,3-6,9-14H2,1-2H3,(H2,19,20,21);1H. The van der Waals surface area contributed by atoms with E-state index < -0.39 is 0 Å². The van der Waals surface area contributed by atoms with Gasteiger partial charge in [0.25, 0.3) is 0 Å². The van der Waals surface area contributed by atoms with Crippen molar-refractivity contribution >= 4 is 46.3 Å². The number of hydrogen-bond acceptors (Lipinski definition) is 4. The van der Waals surface area contributed by atoms with Crippen LogP contribution in [0.15, 0.2) is 22.5 Å². The summed E-state index contributed by atoms with van der Waals surface area (Å²) in [5, 5.41) is 10.5. The monoisotopic (exact) mass is 480 g/mol. The molecule has 0 bridgehead atoms. The van der Waals surface area contributed by atoms with Crippen molar-refractivity contribution < 1.29 is 4.74 Å². The first kappa shape index (κ1) is 22.5. The van der Waals surface area contributed by atoms with Crippen LogP contribution in [-0.2, 0) is 4.74 Å². The molecule has 0 spiro atoms. The molecule has 0 saturated carbocycles. The number of thiophene rings is 1. The van der Waals surface area contributed by atoms with Gasteiger partial charge in [0.1, 0.15) is 0 Å². The van der Waals surface area contributed by atoms with Gasteiger partial charge >= 0.3 is 0 Å². The van der Waals surface area contributed by atoms with Gasteiger partial charge in [-0.2, -0.15) is 0 Å². The lowest BCUT2D eigenvalue weighted by Crippen LogP contribution is -2.48. The number of halogens is 1. The molecule has 1 fully saturated rings. The van der Waals surface area contributed by atoms with Crippen LogP contribution < -0.4 is 15.5 Å². The molecule has 7 heteroatoms. The third-order valence-corrected chi connectivity index (χ3v) is 5.10. The van der Waals surface area contributed by atoms with Gasteiger partial charge in [0, 0.05) is 45.4 Å². The van der Waals surface area contributed by atoms with Crippen molar-refractivity contribution in [3.05, 3.63) is 17.5 Å². The van der Waals surface area contributed by atoms with Gasteiger partial charge in [-0.25, -0.2) is 0 Å². The Labute approximate surface area is 173 Å². The van der Waals surface area contributed by atoms with Crippen LogP contribution in [0.5, 0.6) is 0 Å². The van der Waals surface area contributed by atoms with Crippen LogP contribution in [0.2, 0.25) is 0 Å². The van der Waals surface area contributed by atoms with Gasteiger partial charge in [-0.1, -0.05) is 0 Å². The van der Waals surface area contributed by atoms with Crippen LogP contribution >= 0.6 is 35.3 Å². The fourth-order valence-electron chi connectivity index (χ4n) is 2.86. The molecule has 2 heterocycles. The Morgan fingerprint density at radius 2 is 2.12 bits per heavy atom. The molecular formula is C18H33IN4OS. The van der Waals surface area contributed by atoms with Gasteiger partial charge in [0.2, 0.25) is 0 Å². The van der Waals surface area contributed by atoms with E-state index in [4.69, 9.17) is 9.73 Å². The molecule has 0 amide bonds. The number of guanidine groups is 1. The highest BCUT2D eigenvalue weighted by Gasteiger charge is 2.20. The second kappa shape index (κ2) is 13.6. The maximum absolute atomic E-state index is 5.37. The van der Waals surface area contributed by atoms with E-state index in [1.165, 1.54) is 5.00 Å². The number of nitrogens with one attached hydrogen (secondary N) is 2. The Balaban J connectivity index is 0.00000312. The number of rotatable bonds is 9. The first-order chi connectivity index (χ1) is 11.8. The van der Waals surface area contributed by atoms with Crippen molar-refractivity contribution in [2.24, 2.45) is 4.99 Å². The van der Waals surface area contributed by atoms with E-state index in [9.17, 15) is 0 Å². The zero-order valence-electron chi connectivity index (χ0n) is 15.5. The maximum atomic E-state index is 5.37. The Kier molecular flexibility index (Phi) is 12.3. The Morgan fingerprint density at radius 1 is 1.32 bits per heavy atom. The van der Waals surface area contributed by atoms with Gasteiger partial charge in [0.15, 0.2) is 5.96 Å². The zero-order chi connectivity index (χ0) is 17.0. The summed E-state index contributed by atoms with van der Waals surface area (Å²) in [6, 6.07) is 4.86. The lowest BCUT2D eigenvalue weighted by molar-refractivity contribution is 0.144. The molecule has 0 aliphatic carbocycles. The van der Waals surface area contributed by atoms with Crippen LogP contribution in [-0.4, -0.2) is 51.4 Å². The summed E-state index contributed by atoms with van der Waals surface area (Å²) in [7, 11) is 0. The molecule has 1 aromatic rings. The third-order valence-electron chi connectivity index (χ3n) is 4.17. The van der Waals surface area contributed by atoms with Crippen LogP contribution in [0.3, 0.4) is 0 Å². The number of unbranched alkanes of at least 4 members (excludes halogenated alkanes) is 1. The van der Waals surface area contributed by atoms with Crippen molar-refractivity contribution in [2.45, 2.75) is 45.6 Å². The smallest absolute Gasteiger partial charge is 0.191 e. The summed E-state index contributed by atoms with van der Waals surface area (Å²) in [4.78, 5) is 7.19. The van der Waals surface area contributed by atoms with Crippen LogP contribution in [0.25, 0.3) is 0 Å². The molecule has 1 saturated heterocycles. The van der Waals surface area contributed by atoms with Gasteiger partial charge in [-0.05, 0) is 57.0 Å². The molecule has 144 valence electrons. The minimum Gasteiger partial charge on any atom is -0.382 e. The highest BCUT2D eigenvalue weighted by Crippen LogP contribution is 2.24. The molecule has 0 radical (unpaired) electrons. The van der Waals surface area contributed by atoms with E-state index in [1.54, 1.807) is 0 Å². The molecule has 2 N–H and O–H groups in total. The molecule has 0 atom stereocenters. The average molecular weight is 480 g/mol. The first-order valence-electron chi connectivity index (χ1n) is 9.24. The summed E-state index contributed by atoms with van der Waals surface area (Å²) in [6.07, 6.45) is 4.47. The summed E-state index contributed by atoms with van der Waals surface area (Å²) < 4.78 is 5.37. The van der Waals surface area contributed by atoms with Gasteiger partial charge in [-0.15, -0.1) is 35.3 Å². The van der Waals surface area contributed by atoms with Crippen LogP contribution in [0.4, 0.5) is 5.00 Å². The summed E-state index contributed by atoms with van der Waals surface area (Å²) in [5.41, 5.74) is 0. The summed E-state index contributed by atoms with van der Waals surface area (Å²) in [5.74, 6) is 0.962. The van der Waals surface area contributed by atoms with Crippen molar-refractivity contribution in [3.63, 3.8) is 0 Å². The molecule has 1 aromatic heterocycles. The number of nitrogens with zero attached hydrogens (tertiary/aromatic N) is 2. The Bertz CT molecular complexity index is 462. The normalized spacial score (nSPS) is 15.8. The largest absolute Gasteiger partial charge is 0.382 e. The molecule has 5 nitrogen and oxygen atoms in total. The molecule has 1 aliphatic heterocycles. The Morgan fingerprint density at radius 3 is 2.76 bits per heavy atom. The second-order valence-electron chi connectivity index (χ2n) is 6.02. The lowest BCUT2D eigenvalue weighted by atomic mass is 10.1. The summed E-state index contributed by atoms with van der Waals surface area (Å²) in [6.45, 7) is 9.79. The third kappa shape index (κ3) is 8.59. The number of hydrogen-bond donors (Lipinski definition) is 2. The van der Waals surface area contributed by atoms with Gasteiger partial charge < -0.3 is 20.3 Å². The minimum absolute atomic E-state index is 0. The second-order valence-corrected chi connectivity index (χ2v) is 6.95.